The molecule has 0 aliphatic carbocycles. The van der Waals surface area contributed by atoms with Crippen LogP contribution in [-0.2, 0) is 11.3 Å². The number of morpholine rings is 1. The molecular formula is C13H19NO3. The average molecular weight is 237 g/mol. The number of hydrogen-bond acceptors (Lipinski definition) is 4. The molecule has 1 fully saturated rings. The Morgan fingerprint density at radius 2 is 1.94 bits per heavy atom. The van der Waals surface area contributed by atoms with Crippen molar-refractivity contribution in [1.82, 2.24) is 4.90 Å². The van der Waals surface area contributed by atoms with Crippen molar-refractivity contribution >= 4 is 0 Å². The molecule has 17 heavy (non-hydrogen) atoms. The number of ether oxygens (including phenoxy) is 3. The average Bonchev–Trinajstić information content (AvgIpc) is 2.39. The lowest BCUT2D eigenvalue weighted by Gasteiger charge is -2.27. The normalized spacial score (nSPS) is 16.8. The van der Waals surface area contributed by atoms with Crippen molar-refractivity contribution in [3.05, 3.63) is 23.8 Å². The fraction of sp³-hybridized carbons (Fsp3) is 0.538. The summed E-state index contributed by atoms with van der Waals surface area (Å²) in [5, 5.41) is 0. The van der Waals surface area contributed by atoms with Gasteiger partial charge in [-0.05, 0) is 6.07 Å². The molecule has 0 bridgehead atoms. The third-order valence-electron chi connectivity index (χ3n) is 2.98. The van der Waals surface area contributed by atoms with Crippen molar-refractivity contribution in [2.24, 2.45) is 0 Å². The molecule has 0 atom stereocenters. The smallest absolute Gasteiger partial charge is 0.165 e. The van der Waals surface area contributed by atoms with Crippen molar-refractivity contribution in [2.45, 2.75) is 6.54 Å². The highest BCUT2D eigenvalue weighted by atomic mass is 16.5. The number of hydrogen-bond donors (Lipinski definition) is 0. The van der Waals surface area contributed by atoms with E-state index in [1.807, 2.05) is 12.1 Å². The van der Waals surface area contributed by atoms with Gasteiger partial charge in [-0.3, -0.25) is 4.90 Å². The highest BCUT2D eigenvalue weighted by Crippen LogP contribution is 2.31. The van der Waals surface area contributed by atoms with Gasteiger partial charge in [0.05, 0.1) is 27.4 Å². The molecule has 1 aliphatic rings. The Morgan fingerprint density at radius 1 is 1.18 bits per heavy atom. The van der Waals surface area contributed by atoms with E-state index in [1.54, 1.807) is 14.2 Å². The maximum absolute atomic E-state index is 5.43. The first-order valence-electron chi connectivity index (χ1n) is 5.85. The maximum atomic E-state index is 5.43. The first-order chi connectivity index (χ1) is 8.35. The largest absolute Gasteiger partial charge is 0.493 e. The summed E-state index contributed by atoms with van der Waals surface area (Å²) in [5.41, 5.74) is 1.16. The molecule has 1 heterocycles. The minimum Gasteiger partial charge on any atom is -0.493 e. The summed E-state index contributed by atoms with van der Waals surface area (Å²) in [4.78, 5) is 2.36. The summed E-state index contributed by atoms with van der Waals surface area (Å²) in [6, 6.07) is 6.00. The van der Waals surface area contributed by atoms with Gasteiger partial charge in [-0.2, -0.15) is 0 Å². The SMILES string of the molecule is COc1cccc(CN2CCOCC2)c1OC. The van der Waals surface area contributed by atoms with Gasteiger partial charge in [0.25, 0.3) is 0 Å². The Hall–Kier alpha value is -1.26. The van der Waals surface area contributed by atoms with E-state index in [4.69, 9.17) is 14.2 Å². The summed E-state index contributed by atoms with van der Waals surface area (Å²) in [5.74, 6) is 1.62. The van der Waals surface area contributed by atoms with E-state index in [1.165, 1.54) is 0 Å². The molecule has 2 rings (SSSR count). The van der Waals surface area contributed by atoms with Gasteiger partial charge < -0.3 is 14.2 Å². The summed E-state index contributed by atoms with van der Waals surface area (Å²) in [7, 11) is 3.34. The van der Waals surface area contributed by atoms with Crippen molar-refractivity contribution in [1.29, 1.82) is 0 Å². The summed E-state index contributed by atoms with van der Waals surface area (Å²) >= 11 is 0. The Morgan fingerprint density at radius 3 is 2.59 bits per heavy atom. The van der Waals surface area contributed by atoms with Crippen molar-refractivity contribution in [3.63, 3.8) is 0 Å². The van der Waals surface area contributed by atoms with Crippen LogP contribution in [0.4, 0.5) is 0 Å². The van der Waals surface area contributed by atoms with Crippen LogP contribution in [0.3, 0.4) is 0 Å². The predicted octanol–water partition coefficient (Wildman–Crippen LogP) is 1.54. The van der Waals surface area contributed by atoms with Gasteiger partial charge in [-0.1, -0.05) is 12.1 Å². The maximum Gasteiger partial charge on any atom is 0.165 e. The molecule has 0 N–H and O–H groups in total. The number of nitrogens with zero attached hydrogens (tertiary/aromatic N) is 1. The molecule has 1 aromatic carbocycles. The summed E-state index contributed by atoms with van der Waals surface area (Å²) in [6.07, 6.45) is 0. The van der Waals surface area contributed by atoms with Gasteiger partial charge in [0.2, 0.25) is 0 Å². The Labute approximate surface area is 102 Å². The van der Waals surface area contributed by atoms with Crippen LogP contribution in [0.15, 0.2) is 18.2 Å². The number of benzene rings is 1. The lowest BCUT2D eigenvalue weighted by molar-refractivity contribution is 0.0338. The molecule has 0 unspecified atom stereocenters. The van der Waals surface area contributed by atoms with Gasteiger partial charge in [0.15, 0.2) is 11.5 Å². The molecule has 1 aliphatic heterocycles. The van der Waals surface area contributed by atoms with E-state index in [-0.39, 0.29) is 0 Å². The van der Waals surface area contributed by atoms with Gasteiger partial charge >= 0.3 is 0 Å². The number of methoxy groups -OCH3 is 2. The van der Waals surface area contributed by atoms with E-state index in [9.17, 15) is 0 Å². The minimum atomic E-state index is 0.790. The number of rotatable bonds is 4. The van der Waals surface area contributed by atoms with E-state index in [0.29, 0.717) is 0 Å². The topological polar surface area (TPSA) is 30.9 Å². The second-order valence-corrected chi connectivity index (χ2v) is 4.04. The first-order valence-corrected chi connectivity index (χ1v) is 5.85. The summed E-state index contributed by atoms with van der Waals surface area (Å²) < 4.78 is 16.1. The van der Waals surface area contributed by atoms with Crippen LogP contribution >= 0.6 is 0 Å². The van der Waals surface area contributed by atoms with Crippen molar-refractivity contribution in [2.75, 3.05) is 40.5 Å². The molecule has 0 saturated carbocycles. The standard InChI is InChI=1S/C13H19NO3/c1-15-12-5-3-4-11(13(12)16-2)10-14-6-8-17-9-7-14/h3-5H,6-10H2,1-2H3. The lowest BCUT2D eigenvalue weighted by Crippen LogP contribution is -2.35. The third-order valence-corrected chi connectivity index (χ3v) is 2.98. The molecule has 0 amide bonds. The molecule has 1 aromatic rings. The van der Waals surface area contributed by atoms with Crippen LogP contribution in [0.2, 0.25) is 0 Å². The van der Waals surface area contributed by atoms with Gasteiger partial charge in [0, 0.05) is 25.2 Å². The molecule has 94 valence electrons. The van der Waals surface area contributed by atoms with Crippen LogP contribution < -0.4 is 9.47 Å². The zero-order chi connectivity index (χ0) is 12.1. The van der Waals surface area contributed by atoms with Gasteiger partial charge in [0.1, 0.15) is 0 Å². The third kappa shape index (κ3) is 2.90. The molecular weight excluding hydrogens is 218 g/mol. The number of para-hydroxylation sites is 1. The van der Waals surface area contributed by atoms with E-state index in [2.05, 4.69) is 11.0 Å². The fourth-order valence-corrected chi connectivity index (χ4v) is 2.08. The van der Waals surface area contributed by atoms with Crippen LogP contribution in [0.25, 0.3) is 0 Å². The second-order valence-electron chi connectivity index (χ2n) is 4.04. The Balaban J connectivity index is 2.13. The predicted molar refractivity (Wildman–Crippen MR) is 65.6 cm³/mol. The molecule has 1 saturated heterocycles. The quantitative estimate of drug-likeness (QED) is 0.794. The molecule has 4 nitrogen and oxygen atoms in total. The van der Waals surface area contributed by atoms with E-state index >= 15 is 0 Å². The Bertz CT molecular complexity index is 362. The monoisotopic (exact) mass is 237 g/mol. The van der Waals surface area contributed by atoms with Gasteiger partial charge in [-0.25, -0.2) is 0 Å². The first kappa shape index (κ1) is 12.2. The van der Waals surface area contributed by atoms with Crippen LogP contribution in [0.5, 0.6) is 11.5 Å². The van der Waals surface area contributed by atoms with Crippen molar-refractivity contribution in [3.8, 4) is 11.5 Å². The Kier molecular flexibility index (Phi) is 4.23. The van der Waals surface area contributed by atoms with Crippen LogP contribution in [-0.4, -0.2) is 45.4 Å². The van der Waals surface area contributed by atoms with Crippen molar-refractivity contribution < 1.29 is 14.2 Å². The highest BCUT2D eigenvalue weighted by molar-refractivity contribution is 5.46. The van der Waals surface area contributed by atoms with Crippen LogP contribution in [0, 0.1) is 0 Å². The summed E-state index contributed by atoms with van der Waals surface area (Å²) in [6.45, 7) is 4.45. The minimum absolute atomic E-state index is 0.790. The molecule has 0 spiro atoms. The van der Waals surface area contributed by atoms with Crippen LogP contribution in [0.1, 0.15) is 5.56 Å². The second kappa shape index (κ2) is 5.89. The molecule has 4 heteroatoms. The van der Waals surface area contributed by atoms with E-state index < -0.39 is 0 Å². The molecule has 0 radical (unpaired) electrons. The highest BCUT2D eigenvalue weighted by Gasteiger charge is 2.15. The lowest BCUT2D eigenvalue weighted by atomic mass is 10.1. The van der Waals surface area contributed by atoms with Gasteiger partial charge in [-0.15, -0.1) is 0 Å². The zero-order valence-corrected chi connectivity index (χ0v) is 10.4. The van der Waals surface area contributed by atoms with E-state index in [0.717, 1.165) is 49.9 Å². The zero-order valence-electron chi connectivity index (χ0n) is 10.4. The fourth-order valence-electron chi connectivity index (χ4n) is 2.08. The molecule has 0 aromatic heterocycles.